The molecule has 0 aliphatic carbocycles. The third kappa shape index (κ3) is 5.44. The van der Waals surface area contributed by atoms with Crippen LogP contribution in [-0.4, -0.2) is 54.3 Å². The predicted octanol–water partition coefficient (Wildman–Crippen LogP) is 3.58. The molecule has 3 rings (SSSR count). The average Bonchev–Trinajstić information content (AvgIpc) is 2.59. The maximum Gasteiger partial charge on any atom is 0.136 e. The van der Waals surface area contributed by atoms with Crippen molar-refractivity contribution in [3.05, 3.63) is 40.1 Å². The number of nitrogens with zero attached hydrogens (tertiary/aromatic N) is 3. The molecule has 0 bridgehead atoms. The standard InChI is InChI=1S/C17H21Cl2N5O/c1-12-21-16(20-4-5-24-6-8-25-9-7-24)11-17(22-12)23-13-2-3-14(18)15(19)10-13/h2-3,10-11H,4-9H2,1H3,(H2,20,21,22,23). The Morgan fingerprint density at radius 2 is 1.84 bits per heavy atom. The van der Waals surface area contributed by atoms with Crippen molar-refractivity contribution in [1.82, 2.24) is 14.9 Å². The van der Waals surface area contributed by atoms with Crippen molar-refractivity contribution in [1.29, 1.82) is 0 Å². The molecule has 134 valence electrons. The second-order valence-corrected chi connectivity index (χ2v) is 6.63. The van der Waals surface area contributed by atoms with Gasteiger partial charge in [0.05, 0.1) is 23.3 Å². The summed E-state index contributed by atoms with van der Waals surface area (Å²) in [7, 11) is 0. The molecule has 1 aromatic heterocycles. The Kier molecular flexibility index (Phi) is 6.31. The SMILES string of the molecule is Cc1nc(NCCN2CCOCC2)cc(Nc2ccc(Cl)c(Cl)c2)n1. The number of aromatic nitrogens is 2. The summed E-state index contributed by atoms with van der Waals surface area (Å²) in [4.78, 5) is 11.2. The summed E-state index contributed by atoms with van der Waals surface area (Å²) in [5.41, 5.74) is 0.826. The Labute approximate surface area is 157 Å². The molecule has 0 unspecified atom stereocenters. The average molecular weight is 382 g/mol. The highest BCUT2D eigenvalue weighted by Crippen LogP contribution is 2.27. The molecule has 0 radical (unpaired) electrons. The van der Waals surface area contributed by atoms with Gasteiger partial charge in [-0.25, -0.2) is 9.97 Å². The lowest BCUT2D eigenvalue weighted by Gasteiger charge is -2.26. The molecular weight excluding hydrogens is 361 g/mol. The number of benzene rings is 1. The van der Waals surface area contributed by atoms with E-state index in [0.717, 1.165) is 50.9 Å². The molecule has 1 aliphatic rings. The fraction of sp³-hybridized carbons (Fsp3) is 0.412. The minimum atomic E-state index is 0.501. The lowest BCUT2D eigenvalue weighted by Crippen LogP contribution is -2.39. The first-order valence-electron chi connectivity index (χ1n) is 8.22. The number of halogens is 2. The van der Waals surface area contributed by atoms with E-state index in [1.165, 1.54) is 0 Å². The molecule has 2 aromatic rings. The van der Waals surface area contributed by atoms with Crippen LogP contribution in [0.4, 0.5) is 17.3 Å². The zero-order valence-electron chi connectivity index (χ0n) is 14.1. The second-order valence-electron chi connectivity index (χ2n) is 5.82. The number of anilines is 3. The predicted molar refractivity (Wildman–Crippen MR) is 102 cm³/mol. The molecule has 1 aromatic carbocycles. The summed E-state index contributed by atoms with van der Waals surface area (Å²) in [5.74, 6) is 2.20. The monoisotopic (exact) mass is 381 g/mol. The molecule has 8 heteroatoms. The van der Waals surface area contributed by atoms with E-state index in [0.29, 0.717) is 21.7 Å². The largest absolute Gasteiger partial charge is 0.379 e. The number of morpholine rings is 1. The first kappa shape index (κ1) is 18.2. The fourth-order valence-corrected chi connectivity index (χ4v) is 2.91. The molecule has 1 saturated heterocycles. The van der Waals surface area contributed by atoms with Crippen molar-refractivity contribution in [2.75, 3.05) is 50.0 Å². The van der Waals surface area contributed by atoms with E-state index in [1.54, 1.807) is 12.1 Å². The summed E-state index contributed by atoms with van der Waals surface area (Å²) in [5, 5.41) is 7.62. The minimum Gasteiger partial charge on any atom is -0.379 e. The maximum absolute atomic E-state index is 6.05. The van der Waals surface area contributed by atoms with Crippen molar-refractivity contribution < 1.29 is 4.74 Å². The number of ether oxygens (including phenoxy) is 1. The van der Waals surface area contributed by atoms with Crippen LogP contribution in [0.3, 0.4) is 0 Å². The number of nitrogens with one attached hydrogen (secondary N) is 2. The van der Waals surface area contributed by atoms with Crippen LogP contribution in [0.2, 0.25) is 10.0 Å². The third-order valence-corrected chi connectivity index (χ3v) is 4.61. The van der Waals surface area contributed by atoms with E-state index >= 15 is 0 Å². The lowest BCUT2D eigenvalue weighted by atomic mass is 10.3. The van der Waals surface area contributed by atoms with E-state index in [9.17, 15) is 0 Å². The Hall–Kier alpha value is -1.60. The second kappa shape index (κ2) is 8.67. The van der Waals surface area contributed by atoms with Crippen molar-refractivity contribution >= 4 is 40.5 Å². The van der Waals surface area contributed by atoms with Gasteiger partial charge < -0.3 is 15.4 Å². The highest BCUT2D eigenvalue weighted by molar-refractivity contribution is 6.42. The van der Waals surface area contributed by atoms with Gasteiger partial charge in [0, 0.05) is 37.9 Å². The van der Waals surface area contributed by atoms with Crippen LogP contribution in [0, 0.1) is 6.92 Å². The van der Waals surface area contributed by atoms with Gasteiger partial charge in [0.1, 0.15) is 17.5 Å². The highest BCUT2D eigenvalue weighted by Gasteiger charge is 2.10. The van der Waals surface area contributed by atoms with Crippen LogP contribution < -0.4 is 10.6 Å². The third-order valence-electron chi connectivity index (χ3n) is 3.87. The fourth-order valence-electron chi connectivity index (χ4n) is 2.61. The highest BCUT2D eigenvalue weighted by atomic mass is 35.5. The number of hydrogen-bond donors (Lipinski definition) is 2. The van der Waals surface area contributed by atoms with E-state index in [4.69, 9.17) is 27.9 Å². The van der Waals surface area contributed by atoms with Crippen molar-refractivity contribution in [2.45, 2.75) is 6.92 Å². The molecule has 2 N–H and O–H groups in total. The molecule has 0 atom stereocenters. The van der Waals surface area contributed by atoms with Gasteiger partial charge in [0.25, 0.3) is 0 Å². The molecular formula is C17H21Cl2N5O. The first-order valence-corrected chi connectivity index (χ1v) is 8.97. The molecule has 2 heterocycles. The van der Waals surface area contributed by atoms with E-state index in [2.05, 4.69) is 25.5 Å². The van der Waals surface area contributed by atoms with Crippen LogP contribution in [0.5, 0.6) is 0 Å². The molecule has 0 amide bonds. The van der Waals surface area contributed by atoms with Gasteiger partial charge in [-0.15, -0.1) is 0 Å². The zero-order valence-corrected chi connectivity index (χ0v) is 15.6. The first-order chi connectivity index (χ1) is 12.1. The van der Waals surface area contributed by atoms with E-state index in [-0.39, 0.29) is 0 Å². The summed E-state index contributed by atoms with van der Waals surface area (Å²) < 4.78 is 5.36. The summed E-state index contributed by atoms with van der Waals surface area (Å²) in [6.45, 7) is 7.23. The topological polar surface area (TPSA) is 62.3 Å². The van der Waals surface area contributed by atoms with Gasteiger partial charge in [-0.3, -0.25) is 4.90 Å². The van der Waals surface area contributed by atoms with Crippen molar-refractivity contribution in [3.63, 3.8) is 0 Å². The lowest BCUT2D eigenvalue weighted by molar-refractivity contribution is 0.0398. The Bertz CT molecular complexity index is 722. The minimum absolute atomic E-state index is 0.501. The van der Waals surface area contributed by atoms with Crippen LogP contribution in [0.15, 0.2) is 24.3 Å². The van der Waals surface area contributed by atoms with Crippen LogP contribution in [0.1, 0.15) is 5.82 Å². The molecule has 6 nitrogen and oxygen atoms in total. The summed E-state index contributed by atoms with van der Waals surface area (Å²) in [6.07, 6.45) is 0. The van der Waals surface area contributed by atoms with Gasteiger partial charge in [-0.2, -0.15) is 0 Å². The van der Waals surface area contributed by atoms with Gasteiger partial charge in [0.15, 0.2) is 0 Å². The molecule has 0 saturated carbocycles. The van der Waals surface area contributed by atoms with Gasteiger partial charge in [0.2, 0.25) is 0 Å². The van der Waals surface area contributed by atoms with Gasteiger partial charge in [-0.05, 0) is 25.1 Å². The smallest absolute Gasteiger partial charge is 0.136 e. The Morgan fingerprint density at radius 3 is 2.60 bits per heavy atom. The molecule has 0 spiro atoms. The number of rotatable bonds is 6. The molecule has 1 fully saturated rings. The Morgan fingerprint density at radius 1 is 1.08 bits per heavy atom. The van der Waals surface area contributed by atoms with Gasteiger partial charge in [-0.1, -0.05) is 23.2 Å². The van der Waals surface area contributed by atoms with Crippen molar-refractivity contribution in [2.24, 2.45) is 0 Å². The number of hydrogen-bond acceptors (Lipinski definition) is 6. The van der Waals surface area contributed by atoms with Crippen molar-refractivity contribution in [3.8, 4) is 0 Å². The van der Waals surface area contributed by atoms with Crippen LogP contribution >= 0.6 is 23.2 Å². The quantitative estimate of drug-likeness (QED) is 0.797. The molecule has 1 aliphatic heterocycles. The zero-order chi connectivity index (χ0) is 17.6. The van der Waals surface area contributed by atoms with E-state index in [1.807, 2.05) is 19.1 Å². The van der Waals surface area contributed by atoms with Gasteiger partial charge >= 0.3 is 0 Å². The Balaban J connectivity index is 1.60. The van der Waals surface area contributed by atoms with E-state index < -0.39 is 0 Å². The van der Waals surface area contributed by atoms with Crippen LogP contribution in [0.25, 0.3) is 0 Å². The number of aryl methyl sites for hydroxylation is 1. The summed E-state index contributed by atoms with van der Waals surface area (Å²) >= 11 is 12.0. The van der Waals surface area contributed by atoms with Crippen LogP contribution in [-0.2, 0) is 4.74 Å². The summed E-state index contributed by atoms with van der Waals surface area (Å²) in [6, 6.07) is 7.26. The maximum atomic E-state index is 6.05. The normalized spacial score (nSPS) is 15.2. The molecule has 25 heavy (non-hydrogen) atoms.